The number of nitrogens with zero attached hydrogens (tertiary/aromatic N) is 4. The summed E-state index contributed by atoms with van der Waals surface area (Å²) in [5.41, 5.74) is 4.37. The van der Waals surface area contributed by atoms with Crippen LogP contribution in [0.2, 0.25) is 0 Å². The molecule has 4 fully saturated rings. The number of aromatic nitrogens is 2. The van der Waals surface area contributed by atoms with Crippen LogP contribution >= 0.6 is 0 Å². The number of hydrogen-bond acceptors (Lipinski definition) is 4. The number of halogens is 1. The molecule has 234 valence electrons. The first-order valence-corrected chi connectivity index (χ1v) is 16.4. The van der Waals surface area contributed by atoms with Gasteiger partial charge in [0.15, 0.2) is 0 Å². The summed E-state index contributed by atoms with van der Waals surface area (Å²) < 4.78 is 16.6. The summed E-state index contributed by atoms with van der Waals surface area (Å²) in [6.07, 6.45) is 12.8. The van der Waals surface area contributed by atoms with Crippen molar-refractivity contribution >= 4 is 22.7 Å². The molecular weight excluding hydrogens is 553 g/mol. The van der Waals surface area contributed by atoms with Crippen LogP contribution in [0.1, 0.15) is 94.5 Å². The van der Waals surface area contributed by atoms with Crippen LogP contribution in [0.4, 0.5) is 4.39 Å². The Morgan fingerprint density at radius 2 is 1.77 bits per heavy atom. The number of carbonyl (C=O) groups excluding carboxylic acids is 2. The highest BCUT2D eigenvalue weighted by molar-refractivity contribution is 5.99. The number of nitrogens with one attached hydrogen (secondary N) is 1. The maximum atomic E-state index is 14.6. The largest absolute Gasteiger partial charge is 0.341 e. The minimum Gasteiger partial charge on any atom is -0.341 e. The first-order chi connectivity index (χ1) is 21.1. The first-order valence-electron chi connectivity index (χ1n) is 16.4. The van der Waals surface area contributed by atoms with Gasteiger partial charge >= 0.3 is 0 Å². The number of likely N-dealkylation sites (tertiary alicyclic amines) is 1. The van der Waals surface area contributed by atoms with Gasteiger partial charge in [0.05, 0.1) is 29.0 Å². The van der Waals surface area contributed by atoms with Crippen molar-refractivity contribution < 1.29 is 14.0 Å². The predicted molar refractivity (Wildman–Crippen MR) is 172 cm³/mol. The van der Waals surface area contributed by atoms with Gasteiger partial charge in [-0.3, -0.25) is 14.6 Å². The fourth-order valence-electron chi connectivity index (χ4n) is 8.07. The molecule has 1 saturated carbocycles. The Kier molecular flexibility index (Phi) is 8.64. The lowest BCUT2D eigenvalue weighted by molar-refractivity contribution is -0.136. The summed E-state index contributed by atoms with van der Waals surface area (Å²) in [6, 6.07) is 6.76. The third-order valence-corrected chi connectivity index (χ3v) is 10.1. The second-order valence-corrected chi connectivity index (χ2v) is 13.6. The number of hydrogen-bond donors (Lipinski definition) is 1. The second-order valence-electron chi connectivity index (χ2n) is 13.6. The Balaban J connectivity index is 1.26. The zero-order valence-electron chi connectivity index (χ0n) is 26.6. The number of carbonyl (C=O) groups is 2. The van der Waals surface area contributed by atoms with Gasteiger partial charge in [-0.15, -0.1) is 0 Å². The molecular formula is C36H46FN5O2. The lowest BCUT2D eigenvalue weighted by Gasteiger charge is -2.45. The van der Waals surface area contributed by atoms with E-state index in [1.165, 1.54) is 23.3 Å². The van der Waals surface area contributed by atoms with Gasteiger partial charge in [-0.05, 0) is 108 Å². The molecule has 2 amide bonds. The van der Waals surface area contributed by atoms with Crippen LogP contribution < -0.4 is 5.32 Å². The van der Waals surface area contributed by atoms with Gasteiger partial charge in [-0.1, -0.05) is 12.2 Å². The van der Waals surface area contributed by atoms with Crippen molar-refractivity contribution in [3.8, 4) is 5.69 Å². The molecule has 7 rings (SSSR count). The van der Waals surface area contributed by atoms with Crippen molar-refractivity contribution in [2.45, 2.75) is 103 Å². The summed E-state index contributed by atoms with van der Waals surface area (Å²) in [4.78, 5) is 35.8. The van der Waals surface area contributed by atoms with E-state index >= 15 is 0 Å². The summed E-state index contributed by atoms with van der Waals surface area (Å²) in [5, 5.41) is 4.72. The minimum atomic E-state index is -0.431. The average molecular weight is 600 g/mol. The molecule has 1 N–H and O–H groups in total. The van der Waals surface area contributed by atoms with E-state index < -0.39 is 5.82 Å². The molecule has 0 unspecified atom stereocenters. The monoisotopic (exact) mass is 599 g/mol. The fourth-order valence-corrected chi connectivity index (χ4v) is 8.07. The Morgan fingerprint density at radius 1 is 1.05 bits per heavy atom. The standard InChI is InChI=1S/C36H46FN5O2/c1-22(2)42(23(3)4)35(43)30-19-26(37)10-13-32(30)41-21-31(29-14-15-38-20-33(29)41)25-8-6-16-40(17-7-9-25)36(44)34-28-12-11-27(39-34)18-24(28)5/h10,13-15,19-23,25,27-28,34,39H,5-9,11-12,16-18H2,1-4H3/t27-,28+,34-/m0/s1. The Hall–Kier alpha value is -3.52. The summed E-state index contributed by atoms with van der Waals surface area (Å²) in [7, 11) is 0. The normalized spacial score (nSPS) is 22.9. The third-order valence-electron chi connectivity index (χ3n) is 10.1. The number of amides is 2. The van der Waals surface area contributed by atoms with Gasteiger partial charge in [0.25, 0.3) is 5.91 Å². The lowest BCUT2D eigenvalue weighted by Crippen LogP contribution is -2.60. The van der Waals surface area contributed by atoms with E-state index in [0.717, 1.165) is 68.9 Å². The number of rotatable bonds is 6. The van der Waals surface area contributed by atoms with Gasteiger partial charge in [0, 0.05) is 54.9 Å². The molecule has 3 saturated heterocycles. The van der Waals surface area contributed by atoms with Gasteiger partial charge in [0.2, 0.25) is 5.91 Å². The number of fused-ring (bicyclic) bond motifs is 4. The van der Waals surface area contributed by atoms with E-state index in [2.05, 4.69) is 28.0 Å². The van der Waals surface area contributed by atoms with E-state index in [0.29, 0.717) is 23.2 Å². The van der Waals surface area contributed by atoms with E-state index in [4.69, 9.17) is 0 Å². The van der Waals surface area contributed by atoms with Crippen LogP contribution in [0.25, 0.3) is 16.6 Å². The van der Waals surface area contributed by atoms with E-state index in [1.807, 2.05) is 50.7 Å². The fraction of sp³-hybridized carbons (Fsp3) is 0.528. The molecule has 0 spiro atoms. The van der Waals surface area contributed by atoms with Gasteiger partial charge in [-0.25, -0.2) is 4.39 Å². The predicted octanol–water partition coefficient (Wildman–Crippen LogP) is 6.61. The van der Waals surface area contributed by atoms with Crippen molar-refractivity contribution in [2.24, 2.45) is 5.92 Å². The highest BCUT2D eigenvalue weighted by atomic mass is 19.1. The number of piperidine rings is 2. The van der Waals surface area contributed by atoms with Crippen LogP contribution in [0, 0.1) is 11.7 Å². The summed E-state index contributed by atoms with van der Waals surface area (Å²) in [6.45, 7) is 13.7. The Morgan fingerprint density at radius 3 is 2.43 bits per heavy atom. The molecule has 3 aliphatic heterocycles. The molecule has 3 aromatic rings. The molecule has 3 atom stereocenters. The van der Waals surface area contributed by atoms with Crippen LogP contribution in [-0.4, -0.2) is 68.4 Å². The molecule has 7 nitrogen and oxygen atoms in total. The van der Waals surface area contributed by atoms with Crippen LogP contribution in [0.5, 0.6) is 0 Å². The van der Waals surface area contributed by atoms with E-state index in [-0.39, 0.29) is 35.9 Å². The minimum absolute atomic E-state index is 0.0264. The molecule has 2 aromatic heterocycles. The molecule has 2 bridgehead atoms. The van der Waals surface area contributed by atoms with Crippen molar-refractivity contribution in [3.63, 3.8) is 0 Å². The van der Waals surface area contributed by atoms with Gasteiger partial charge in [-0.2, -0.15) is 0 Å². The zero-order valence-corrected chi connectivity index (χ0v) is 26.6. The molecule has 1 aromatic carbocycles. The average Bonchev–Trinajstić information content (AvgIpc) is 3.36. The van der Waals surface area contributed by atoms with Gasteiger partial charge < -0.3 is 19.7 Å². The molecule has 1 aliphatic carbocycles. The Bertz CT molecular complexity index is 1540. The highest BCUT2D eigenvalue weighted by Crippen LogP contribution is 2.39. The third kappa shape index (κ3) is 5.69. The van der Waals surface area contributed by atoms with Crippen LogP contribution in [0.3, 0.4) is 0 Å². The van der Waals surface area contributed by atoms with Crippen LogP contribution in [0.15, 0.2) is 55.0 Å². The molecule has 5 heterocycles. The van der Waals surface area contributed by atoms with Crippen molar-refractivity contribution in [3.05, 3.63) is 72.0 Å². The molecule has 0 radical (unpaired) electrons. The Labute approximate surface area is 260 Å². The number of pyridine rings is 1. The maximum absolute atomic E-state index is 14.6. The topological polar surface area (TPSA) is 70.5 Å². The molecule has 44 heavy (non-hydrogen) atoms. The van der Waals surface area contributed by atoms with E-state index in [1.54, 1.807) is 11.0 Å². The zero-order chi connectivity index (χ0) is 31.1. The highest BCUT2D eigenvalue weighted by Gasteiger charge is 2.42. The first kappa shape index (κ1) is 30.5. The van der Waals surface area contributed by atoms with Crippen molar-refractivity contribution in [1.82, 2.24) is 24.7 Å². The summed E-state index contributed by atoms with van der Waals surface area (Å²) in [5.74, 6) is 0.203. The van der Waals surface area contributed by atoms with Crippen molar-refractivity contribution in [1.29, 1.82) is 0 Å². The number of benzene rings is 1. The quantitative estimate of drug-likeness (QED) is 0.324. The van der Waals surface area contributed by atoms with E-state index in [9.17, 15) is 14.0 Å². The van der Waals surface area contributed by atoms with Crippen LogP contribution in [-0.2, 0) is 4.79 Å². The molecule has 4 aliphatic rings. The second kappa shape index (κ2) is 12.5. The smallest absolute Gasteiger partial charge is 0.256 e. The lowest BCUT2D eigenvalue weighted by atomic mass is 9.73. The van der Waals surface area contributed by atoms with Crippen molar-refractivity contribution in [2.75, 3.05) is 13.1 Å². The van der Waals surface area contributed by atoms with Gasteiger partial charge in [0.1, 0.15) is 5.82 Å². The summed E-state index contributed by atoms with van der Waals surface area (Å²) >= 11 is 0. The maximum Gasteiger partial charge on any atom is 0.256 e. The SMILES string of the molecule is C=C1C[C@@H]2CC[C@H]1[C@@H](C(=O)N1CCCC(c3cn(-c4ccc(F)cc4C(=O)N(C(C)C)C(C)C)c4cnccc34)CCC1)N2. The molecule has 8 heteroatoms.